The third-order valence-electron chi connectivity index (χ3n) is 5.49. The Morgan fingerprint density at radius 1 is 0.516 bits per heavy atom. The molecule has 0 aliphatic heterocycles. The molecule has 0 heterocycles. The highest BCUT2D eigenvalue weighted by molar-refractivity contribution is 6.07. The number of amides is 2. The lowest BCUT2D eigenvalue weighted by atomic mass is 10.0. The van der Waals surface area contributed by atoms with Gasteiger partial charge in [-0.3, -0.25) is 9.59 Å². The summed E-state index contributed by atoms with van der Waals surface area (Å²) in [5.41, 5.74) is 1.42. The van der Waals surface area contributed by atoms with Gasteiger partial charge in [0.15, 0.2) is 0 Å². The third kappa shape index (κ3) is 4.92. The van der Waals surface area contributed by atoms with Gasteiger partial charge in [-0.25, -0.2) is 0 Å². The summed E-state index contributed by atoms with van der Waals surface area (Å²) in [6.45, 7) is 1.25. The average Bonchev–Trinajstić information content (AvgIpc) is 2.82. The first kappa shape index (κ1) is 20.6. The summed E-state index contributed by atoms with van der Waals surface area (Å²) in [5, 5.41) is 10.1. The van der Waals surface area contributed by atoms with Gasteiger partial charge in [0, 0.05) is 24.2 Å². The molecule has 0 aromatic heterocycles. The minimum absolute atomic E-state index is 0.0407. The fourth-order valence-electron chi connectivity index (χ4n) is 3.87. The third-order valence-corrected chi connectivity index (χ3v) is 5.49. The molecule has 4 nitrogen and oxygen atoms in total. The van der Waals surface area contributed by atoms with Crippen LogP contribution >= 0.6 is 0 Å². The number of rotatable bonds is 8. The molecule has 156 valence electrons. The minimum atomic E-state index is -0.0407. The molecule has 4 rings (SSSR count). The quantitative estimate of drug-likeness (QED) is 0.386. The van der Waals surface area contributed by atoms with Gasteiger partial charge in [-0.1, -0.05) is 72.8 Å². The Balaban J connectivity index is 1.19. The van der Waals surface area contributed by atoms with E-state index >= 15 is 0 Å². The van der Waals surface area contributed by atoms with Crippen LogP contribution in [0.5, 0.6) is 0 Å². The Morgan fingerprint density at radius 3 is 1.42 bits per heavy atom. The first-order valence-electron chi connectivity index (χ1n) is 10.8. The van der Waals surface area contributed by atoms with E-state index in [2.05, 4.69) is 10.6 Å². The molecule has 0 saturated heterocycles. The van der Waals surface area contributed by atoms with Gasteiger partial charge in [0.05, 0.1) is 0 Å². The minimum Gasteiger partial charge on any atom is -0.352 e. The highest BCUT2D eigenvalue weighted by atomic mass is 16.2. The highest BCUT2D eigenvalue weighted by Gasteiger charge is 2.10. The van der Waals surface area contributed by atoms with Crippen molar-refractivity contribution in [3.05, 3.63) is 96.1 Å². The molecule has 0 saturated carbocycles. The molecule has 0 atom stereocenters. The zero-order valence-corrected chi connectivity index (χ0v) is 17.4. The molecule has 0 bridgehead atoms. The van der Waals surface area contributed by atoms with E-state index in [1.54, 1.807) is 0 Å². The van der Waals surface area contributed by atoms with E-state index in [-0.39, 0.29) is 11.8 Å². The summed E-state index contributed by atoms with van der Waals surface area (Å²) in [7, 11) is 0. The molecule has 31 heavy (non-hydrogen) atoms. The van der Waals surface area contributed by atoms with Crippen molar-refractivity contribution in [3.63, 3.8) is 0 Å². The molecule has 4 heteroatoms. The van der Waals surface area contributed by atoms with Crippen molar-refractivity contribution in [2.75, 3.05) is 13.1 Å². The van der Waals surface area contributed by atoms with Crippen LogP contribution in [0.1, 0.15) is 40.0 Å². The number of carbonyl (C=O) groups is 2. The highest BCUT2D eigenvalue weighted by Crippen LogP contribution is 2.19. The molecule has 0 unspecified atom stereocenters. The van der Waals surface area contributed by atoms with Gasteiger partial charge >= 0.3 is 0 Å². The zero-order valence-electron chi connectivity index (χ0n) is 17.4. The number of hydrogen-bond acceptors (Lipinski definition) is 2. The SMILES string of the molecule is O=C(NCCCCCNC(=O)c1cccc2ccccc12)c1cccc2ccccc12. The maximum Gasteiger partial charge on any atom is 0.251 e. The van der Waals surface area contributed by atoms with Gasteiger partial charge < -0.3 is 10.6 Å². The van der Waals surface area contributed by atoms with Crippen LogP contribution in [0.3, 0.4) is 0 Å². The normalized spacial score (nSPS) is 10.8. The second-order valence-corrected chi connectivity index (χ2v) is 7.63. The van der Waals surface area contributed by atoms with Crippen LogP contribution in [-0.4, -0.2) is 24.9 Å². The van der Waals surface area contributed by atoms with Crippen molar-refractivity contribution < 1.29 is 9.59 Å². The van der Waals surface area contributed by atoms with Crippen molar-refractivity contribution >= 4 is 33.4 Å². The molecule has 0 radical (unpaired) electrons. The molecule has 0 fully saturated rings. The molecule has 4 aromatic carbocycles. The summed E-state index contributed by atoms with van der Waals surface area (Å²) in [6.07, 6.45) is 2.69. The van der Waals surface area contributed by atoms with Crippen molar-refractivity contribution in [2.24, 2.45) is 0 Å². The predicted molar refractivity (Wildman–Crippen MR) is 126 cm³/mol. The van der Waals surface area contributed by atoms with E-state index in [1.807, 2.05) is 84.9 Å². The summed E-state index contributed by atoms with van der Waals surface area (Å²) in [5.74, 6) is -0.0814. The van der Waals surface area contributed by atoms with Gasteiger partial charge in [-0.2, -0.15) is 0 Å². The topological polar surface area (TPSA) is 58.2 Å². The standard InChI is InChI=1S/C27H26N2O2/c30-26(24-16-8-12-20-10-2-4-14-22(20)24)28-18-6-1-7-19-29-27(31)25-17-9-13-21-11-3-5-15-23(21)25/h2-5,8-17H,1,6-7,18-19H2,(H,28,30)(H,29,31). The summed E-state index contributed by atoms with van der Waals surface area (Å²) < 4.78 is 0. The number of fused-ring (bicyclic) bond motifs is 2. The molecule has 2 N–H and O–H groups in total. The second-order valence-electron chi connectivity index (χ2n) is 7.63. The van der Waals surface area contributed by atoms with Gasteiger partial charge in [-0.15, -0.1) is 0 Å². The fourth-order valence-corrected chi connectivity index (χ4v) is 3.87. The van der Waals surface area contributed by atoms with Crippen LogP contribution < -0.4 is 10.6 Å². The van der Waals surface area contributed by atoms with Gasteiger partial charge in [0.1, 0.15) is 0 Å². The van der Waals surface area contributed by atoms with E-state index in [4.69, 9.17) is 0 Å². The van der Waals surface area contributed by atoms with Crippen molar-refractivity contribution in [1.29, 1.82) is 0 Å². The largest absolute Gasteiger partial charge is 0.352 e. The Bertz CT molecular complexity index is 1110. The molecule has 4 aromatic rings. The Labute approximate surface area is 182 Å². The van der Waals surface area contributed by atoms with Crippen molar-refractivity contribution in [3.8, 4) is 0 Å². The van der Waals surface area contributed by atoms with Crippen LogP contribution in [0.2, 0.25) is 0 Å². The Morgan fingerprint density at radius 2 is 0.935 bits per heavy atom. The van der Waals surface area contributed by atoms with Crippen LogP contribution in [0, 0.1) is 0 Å². The monoisotopic (exact) mass is 410 g/mol. The second kappa shape index (κ2) is 9.90. The van der Waals surface area contributed by atoms with E-state index in [0.717, 1.165) is 40.8 Å². The average molecular weight is 411 g/mol. The molecule has 2 amide bonds. The number of unbranched alkanes of at least 4 members (excludes halogenated alkanes) is 2. The lowest BCUT2D eigenvalue weighted by molar-refractivity contribution is 0.0949. The van der Waals surface area contributed by atoms with E-state index in [9.17, 15) is 9.59 Å². The summed E-state index contributed by atoms with van der Waals surface area (Å²) >= 11 is 0. The van der Waals surface area contributed by atoms with Gasteiger partial charge in [-0.05, 0) is 52.9 Å². The molecule has 0 aliphatic rings. The number of carbonyl (C=O) groups excluding carboxylic acids is 2. The van der Waals surface area contributed by atoms with E-state index in [1.165, 1.54) is 0 Å². The first-order valence-corrected chi connectivity index (χ1v) is 10.8. The van der Waals surface area contributed by atoms with Crippen molar-refractivity contribution in [1.82, 2.24) is 10.6 Å². The summed E-state index contributed by atoms with van der Waals surface area (Å²) in [6, 6.07) is 27.4. The lowest BCUT2D eigenvalue weighted by Crippen LogP contribution is -2.26. The Kier molecular flexibility index (Phi) is 6.58. The van der Waals surface area contributed by atoms with E-state index < -0.39 is 0 Å². The maximum atomic E-state index is 12.5. The van der Waals surface area contributed by atoms with E-state index in [0.29, 0.717) is 24.2 Å². The zero-order chi connectivity index (χ0) is 21.5. The van der Waals surface area contributed by atoms with Gasteiger partial charge in [0.25, 0.3) is 11.8 Å². The molecule has 0 aliphatic carbocycles. The molecular formula is C27H26N2O2. The van der Waals surface area contributed by atoms with Crippen LogP contribution in [-0.2, 0) is 0 Å². The predicted octanol–water partition coefficient (Wildman–Crippen LogP) is 5.32. The molecular weight excluding hydrogens is 384 g/mol. The van der Waals surface area contributed by atoms with Crippen LogP contribution in [0.15, 0.2) is 84.9 Å². The van der Waals surface area contributed by atoms with Gasteiger partial charge in [0.2, 0.25) is 0 Å². The number of benzene rings is 4. The smallest absolute Gasteiger partial charge is 0.251 e. The number of nitrogens with one attached hydrogen (secondary N) is 2. The fraction of sp³-hybridized carbons (Fsp3) is 0.185. The number of hydrogen-bond donors (Lipinski definition) is 2. The van der Waals surface area contributed by atoms with Crippen LogP contribution in [0.4, 0.5) is 0 Å². The maximum absolute atomic E-state index is 12.5. The van der Waals surface area contributed by atoms with Crippen molar-refractivity contribution in [2.45, 2.75) is 19.3 Å². The Hall–Kier alpha value is -3.66. The molecule has 0 spiro atoms. The van der Waals surface area contributed by atoms with Crippen LogP contribution in [0.25, 0.3) is 21.5 Å². The first-order chi connectivity index (χ1) is 15.2. The summed E-state index contributed by atoms with van der Waals surface area (Å²) in [4.78, 5) is 25.1. The lowest BCUT2D eigenvalue weighted by Gasteiger charge is -2.09.